The number of carbonyl (C=O) groups is 2. The van der Waals surface area contributed by atoms with Crippen molar-refractivity contribution in [2.45, 2.75) is 32.7 Å². The van der Waals surface area contributed by atoms with Crippen molar-refractivity contribution in [1.29, 1.82) is 0 Å². The molecular weight excluding hydrogens is 361 g/mol. The fraction of sp³-hybridized carbons (Fsp3) is 0.263. The summed E-state index contributed by atoms with van der Waals surface area (Å²) in [4.78, 5) is 23.8. The number of nitrogens with one attached hydrogen (secondary N) is 2. The normalized spacial score (nSPS) is 12.2. The minimum Gasteiger partial charge on any atom is -0.404 e. The van der Waals surface area contributed by atoms with Gasteiger partial charge in [-0.15, -0.1) is 13.2 Å². The highest BCUT2D eigenvalue weighted by atomic mass is 19.4. The van der Waals surface area contributed by atoms with Crippen LogP contribution < -0.4 is 15.4 Å². The number of benzene rings is 2. The Bertz CT molecular complexity index is 805. The van der Waals surface area contributed by atoms with Gasteiger partial charge < -0.3 is 15.4 Å². The van der Waals surface area contributed by atoms with Crippen LogP contribution in [-0.4, -0.2) is 18.2 Å². The number of para-hydroxylation sites is 2. The number of hydrogen-bond acceptors (Lipinski definition) is 3. The van der Waals surface area contributed by atoms with Gasteiger partial charge in [0.2, 0.25) is 11.8 Å². The topological polar surface area (TPSA) is 67.4 Å². The molecule has 0 fully saturated rings. The van der Waals surface area contributed by atoms with Gasteiger partial charge in [0.1, 0.15) is 0 Å². The van der Waals surface area contributed by atoms with Crippen LogP contribution in [-0.2, 0) is 9.59 Å². The van der Waals surface area contributed by atoms with Gasteiger partial charge in [-0.25, -0.2) is 0 Å². The molecule has 0 bridgehead atoms. The first-order valence-electron chi connectivity index (χ1n) is 8.12. The van der Waals surface area contributed by atoms with Gasteiger partial charge in [-0.2, -0.15) is 0 Å². The minimum atomic E-state index is -4.87. The lowest BCUT2D eigenvalue weighted by atomic mass is 10.0. The van der Waals surface area contributed by atoms with Gasteiger partial charge in [0.25, 0.3) is 0 Å². The third-order valence-electron chi connectivity index (χ3n) is 3.63. The fourth-order valence-corrected chi connectivity index (χ4v) is 2.47. The Morgan fingerprint density at radius 3 is 2.30 bits per heavy atom. The Labute approximate surface area is 154 Å². The highest BCUT2D eigenvalue weighted by Crippen LogP contribution is 2.30. The van der Waals surface area contributed by atoms with Crippen molar-refractivity contribution in [1.82, 2.24) is 5.32 Å². The summed E-state index contributed by atoms with van der Waals surface area (Å²) >= 11 is 0. The van der Waals surface area contributed by atoms with Crippen LogP contribution in [0.4, 0.5) is 18.9 Å². The lowest BCUT2D eigenvalue weighted by Gasteiger charge is -2.19. The number of anilines is 1. The largest absolute Gasteiger partial charge is 0.573 e. The predicted molar refractivity (Wildman–Crippen MR) is 94.1 cm³/mol. The molecule has 27 heavy (non-hydrogen) atoms. The molecular formula is C19H19F3N2O3. The summed E-state index contributed by atoms with van der Waals surface area (Å²) in [6.45, 7) is 3.23. The van der Waals surface area contributed by atoms with Gasteiger partial charge >= 0.3 is 6.36 Å². The summed E-state index contributed by atoms with van der Waals surface area (Å²) in [6, 6.07) is 11.9. The van der Waals surface area contributed by atoms with E-state index < -0.39 is 24.1 Å². The Balaban J connectivity index is 2.14. The van der Waals surface area contributed by atoms with E-state index in [1.807, 2.05) is 19.1 Å². The van der Waals surface area contributed by atoms with E-state index in [1.165, 1.54) is 25.1 Å². The molecule has 2 aromatic rings. The zero-order valence-electron chi connectivity index (χ0n) is 14.8. The molecule has 0 aliphatic heterocycles. The number of halogens is 3. The average Bonchev–Trinajstić information content (AvgIpc) is 2.55. The molecule has 2 aromatic carbocycles. The van der Waals surface area contributed by atoms with Gasteiger partial charge in [0.15, 0.2) is 5.75 Å². The van der Waals surface area contributed by atoms with Gasteiger partial charge in [0, 0.05) is 6.92 Å². The SMILES string of the molecule is CC(=O)NC(CC(=O)Nc1ccccc1OC(F)(F)F)c1ccc(C)cc1. The second kappa shape index (κ2) is 8.57. The highest BCUT2D eigenvalue weighted by molar-refractivity contribution is 5.93. The number of alkyl halides is 3. The molecule has 0 radical (unpaired) electrons. The molecule has 1 atom stereocenters. The average molecular weight is 380 g/mol. The van der Waals surface area contributed by atoms with E-state index in [0.29, 0.717) is 5.56 Å². The van der Waals surface area contributed by atoms with Gasteiger partial charge in [0.05, 0.1) is 18.2 Å². The van der Waals surface area contributed by atoms with E-state index in [9.17, 15) is 22.8 Å². The molecule has 2 rings (SSSR count). The van der Waals surface area contributed by atoms with Crippen LogP contribution in [0.3, 0.4) is 0 Å². The van der Waals surface area contributed by atoms with Crippen molar-refractivity contribution in [2.75, 3.05) is 5.32 Å². The predicted octanol–water partition coefficient (Wildman–Crippen LogP) is 4.10. The molecule has 0 aliphatic rings. The van der Waals surface area contributed by atoms with Crippen LogP contribution in [0.1, 0.15) is 30.5 Å². The molecule has 2 amide bonds. The third kappa shape index (κ3) is 6.65. The van der Waals surface area contributed by atoms with Crippen LogP contribution in [0.5, 0.6) is 5.75 Å². The van der Waals surface area contributed by atoms with E-state index in [0.717, 1.165) is 11.6 Å². The quantitative estimate of drug-likeness (QED) is 0.793. The van der Waals surface area contributed by atoms with Crippen molar-refractivity contribution >= 4 is 17.5 Å². The van der Waals surface area contributed by atoms with Crippen molar-refractivity contribution in [3.63, 3.8) is 0 Å². The monoisotopic (exact) mass is 380 g/mol. The lowest BCUT2D eigenvalue weighted by molar-refractivity contribution is -0.274. The number of amides is 2. The van der Waals surface area contributed by atoms with Crippen molar-refractivity contribution < 1.29 is 27.5 Å². The first kappa shape index (κ1) is 20.3. The molecule has 0 spiro atoms. The molecule has 5 nitrogen and oxygen atoms in total. The summed E-state index contributed by atoms with van der Waals surface area (Å²) in [5, 5.41) is 5.08. The second-order valence-corrected chi connectivity index (χ2v) is 5.96. The molecule has 0 saturated carbocycles. The minimum absolute atomic E-state index is 0.106. The molecule has 144 valence electrons. The van der Waals surface area contributed by atoms with E-state index >= 15 is 0 Å². The van der Waals surface area contributed by atoms with Crippen molar-refractivity contribution in [2.24, 2.45) is 0 Å². The molecule has 0 saturated heterocycles. The van der Waals surface area contributed by atoms with E-state index in [-0.39, 0.29) is 18.0 Å². The first-order valence-corrected chi connectivity index (χ1v) is 8.12. The number of rotatable bonds is 6. The highest BCUT2D eigenvalue weighted by Gasteiger charge is 2.32. The Morgan fingerprint density at radius 2 is 1.70 bits per heavy atom. The van der Waals surface area contributed by atoms with Crippen molar-refractivity contribution in [3.05, 3.63) is 59.7 Å². The maximum atomic E-state index is 12.5. The zero-order valence-corrected chi connectivity index (χ0v) is 14.8. The summed E-state index contributed by atoms with van der Waals surface area (Å²) < 4.78 is 41.4. The maximum absolute atomic E-state index is 12.5. The van der Waals surface area contributed by atoms with Gasteiger partial charge in [-0.05, 0) is 24.6 Å². The van der Waals surface area contributed by atoms with Crippen molar-refractivity contribution in [3.8, 4) is 5.75 Å². The third-order valence-corrected chi connectivity index (χ3v) is 3.63. The lowest BCUT2D eigenvalue weighted by Crippen LogP contribution is -2.30. The summed E-state index contributed by atoms with van der Waals surface area (Å²) in [5.74, 6) is -1.40. The smallest absolute Gasteiger partial charge is 0.404 e. The number of aryl methyl sites for hydroxylation is 1. The van der Waals surface area contributed by atoms with E-state index in [1.54, 1.807) is 12.1 Å². The molecule has 0 aromatic heterocycles. The summed E-state index contributed by atoms with van der Waals surface area (Å²) in [5.41, 5.74) is 1.62. The summed E-state index contributed by atoms with van der Waals surface area (Å²) in [6.07, 6.45) is -5.02. The molecule has 0 heterocycles. The Morgan fingerprint density at radius 1 is 1.07 bits per heavy atom. The van der Waals surface area contributed by atoms with Crippen LogP contribution >= 0.6 is 0 Å². The Hall–Kier alpha value is -3.03. The summed E-state index contributed by atoms with van der Waals surface area (Å²) in [7, 11) is 0. The molecule has 1 unspecified atom stereocenters. The molecule has 8 heteroatoms. The van der Waals surface area contributed by atoms with E-state index in [4.69, 9.17) is 0 Å². The van der Waals surface area contributed by atoms with Crippen LogP contribution in [0.25, 0.3) is 0 Å². The van der Waals surface area contributed by atoms with Crippen LogP contribution in [0.2, 0.25) is 0 Å². The number of carbonyl (C=O) groups excluding carboxylic acids is 2. The number of hydrogen-bond donors (Lipinski definition) is 2. The van der Waals surface area contributed by atoms with Crippen LogP contribution in [0, 0.1) is 6.92 Å². The standard InChI is InChI=1S/C19H19F3N2O3/c1-12-7-9-14(10-8-12)16(23-13(2)25)11-18(26)24-15-5-3-4-6-17(15)27-19(20,21)22/h3-10,16H,11H2,1-2H3,(H,23,25)(H,24,26). The van der Waals surface area contributed by atoms with Gasteiger partial charge in [-0.3, -0.25) is 9.59 Å². The van der Waals surface area contributed by atoms with E-state index in [2.05, 4.69) is 15.4 Å². The number of ether oxygens (including phenoxy) is 1. The zero-order chi connectivity index (χ0) is 20.0. The fourth-order valence-electron chi connectivity index (χ4n) is 2.47. The first-order chi connectivity index (χ1) is 12.6. The second-order valence-electron chi connectivity index (χ2n) is 5.96. The van der Waals surface area contributed by atoms with Crippen LogP contribution in [0.15, 0.2) is 48.5 Å². The maximum Gasteiger partial charge on any atom is 0.573 e. The van der Waals surface area contributed by atoms with Gasteiger partial charge in [-0.1, -0.05) is 42.0 Å². The molecule has 2 N–H and O–H groups in total. The Kier molecular flexibility index (Phi) is 6.44. The molecule has 0 aliphatic carbocycles.